The third kappa shape index (κ3) is 11.1. The highest BCUT2D eigenvalue weighted by Gasteiger charge is 2.27. The summed E-state index contributed by atoms with van der Waals surface area (Å²) in [4.78, 5) is 0. The Balaban J connectivity index is 0.000000101. The van der Waals surface area contributed by atoms with Gasteiger partial charge in [0.2, 0.25) is 0 Å². The van der Waals surface area contributed by atoms with Gasteiger partial charge in [0.05, 0.1) is 80.3 Å². The summed E-state index contributed by atoms with van der Waals surface area (Å²) in [7, 11) is 0. The first-order valence-electron chi connectivity index (χ1n) is 41.9. The Bertz CT molecular complexity index is 8840. The van der Waals surface area contributed by atoms with Crippen molar-refractivity contribution in [1.29, 1.82) is 0 Å². The van der Waals surface area contributed by atoms with Gasteiger partial charge in [-0.25, -0.2) is 0 Å². The van der Waals surface area contributed by atoms with E-state index in [1.165, 1.54) is 227 Å². The number of hydrogen-bond donors (Lipinski definition) is 0. The van der Waals surface area contributed by atoms with Gasteiger partial charge in [-0.05, 0) is 150 Å². The lowest BCUT2D eigenvalue weighted by Crippen LogP contribution is -1.95. The predicted octanol–water partition coefficient (Wildman–Crippen LogP) is 32.3. The monoisotopic (exact) mass is 1620 g/mol. The fourth-order valence-corrected chi connectivity index (χ4v) is 23.8. The summed E-state index contributed by atoms with van der Waals surface area (Å²) in [5.74, 6) is 0. The Morgan fingerprint density at radius 3 is 0.789 bits per heavy atom. The van der Waals surface area contributed by atoms with Crippen LogP contribution in [0.15, 0.2) is 437 Å². The predicted molar refractivity (Wildman–Crippen MR) is 528 cm³/mol. The molecule has 0 fully saturated rings. The van der Waals surface area contributed by atoms with Crippen LogP contribution in [-0.4, -0.2) is 27.4 Å². The fourth-order valence-electron chi connectivity index (χ4n) is 19.7. The summed E-state index contributed by atoms with van der Waals surface area (Å²) >= 11 is 5.74. The number of thiophene rings is 3. The van der Waals surface area contributed by atoms with Crippen LogP contribution >= 0.6 is 34.0 Å². The summed E-state index contributed by atoms with van der Waals surface area (Å²) < 4.78 is 22.5. The number of benzene rings is 18. The Morgan fingerprint density at radius 1 is 0.130 bits per heavy atom. The number of hydrogen-bond acceptors (Lipinski definition) is 3. The normalized spacial score (nSPS) is 11.9. The first-order valence-corrected chi connectivity index (χ1v) is 44.3. The Morgan fingerprint density at radius 2 is 0.382 bits per heavy atom. The lowest BCUT2D eigenvalue weighted by Gasteiger charge is -2.12. The van der Waals surface area contributed by atoms with E-state index in [-0.39, 0.29) is 0 Å². The van der Waals surface area contributed by atoms with Crippen molar-refractivity contribution in [2.75, 3.05) is 0 Å². The number of aromatic nitrogens is 6. The second kappa shape index (κ2) is 28.7. The fraction of sp³-hybridized carbons (Fsp3) is 0. The van der Waals surface area contributed by atoms with E-state index in [2.05, 4.69) is 464 Å². The number of rotatable bonds is 9. The highest BCUT2D eigenvalue weighted by molar-refractivity contribution is 7.28. The largest absolute Gasteiger partial charge is 0.309 e. The van der Waals surface area contributed by atoms with E-state index in [1.54, 1.807) is 0 Å². The second-order valence-corrected chi connectivity index (χ2v) is 34.7. The molecule has 0 atom stereocenters. The maximum atomic E-state index is 2.44. The molecule has 27 rings (SSSR count). The van der Waals surface area contributed by atoms with E-state index >= 15 is 0 Å². The molecule has 0 spiro atoms. The number of nitrogens with zero attached hydrogens (tertiary/aromatic N) is 6. The molecule has 0 aliphatic carbocycles. The molecule has 0 unspecified atom stereocenters. The van der Waals surface area contributed by atoms with Crippen molar-refractivity contribution in [1.82, 2.24) is 27.4 Å². The molecule has 27 aromatic rings. The van der Waals surface area contributed by atoms with Gasteiger partial charge in [-0.2, -0.15) is 0 Å². The highest BCUT2D eigenvalue weighted by Crippen LogP contribution is 2.52. The van der Waals surface area contributed by atoms with E-state index in [1.807, 2.05) is 34.0 Å². The quantitative estimate of drug-likeness (QED) is 0.138. The maximum absolute atomic E-state index is 2.44. The van der Waals surface area contributed by atoms with Crippen LogP contribution in [0.1, 0.15) is 0 Å². The molecule has 6 nitrogen and oxygen atoms in total. The van der Waals surface area contributed by atoms with Crippen LogP contribution in [0, 0.1) is 0 Å². The molecule has 0 saturated carbocycles. The third-order valence-electron chi connectivity index (χ3n) is 24.9. The van der Waals surface area contributed by atoms with Gasteiger partial charge in [0.15, 0.2) is 0 Å². The number of fused-ring (bicyclic) bond motifs is 24. The molecule has 9 heteroatoms. The van der Waals surface area contributed by atoms with Crippen LogP contribution in [0.5, 0.6) is 0 Å². The van der Waals surface area contributed by atoms with Gasteiger partial charge in [0.1, 0.15) is 0 Å². The average Bonchev–Trinajstić information content (AvgIpc) is 1.56. The van der Waals surface area contributed by atoms with Gasteiger partial charge in [-0.15, -0.1) is 34.0 Å². The molecule has 0 radical (unpaired) electrons. The Hall–Kier alpha value is -15.4. The summed E-state index contributed by atoms with van der Waals surface area (Å²) in [6, 6.07) is 158. The standard InChI is InChI=1S/3C38H24N2S/c1-3-13-25(14-4-1)39-33-23-9-7-17-27(33)28-19-11-20-29(35(28)39)30-21-12-22-32-36-38(41-37(30)32)31-18-8-10-24-34(31)40(36)26-15-5-2-6-16-26;1-3-12-26(13-4-1)39-33-20-9-7-16-29(33)30-23-22-25(24-35(30)39)28-18-11-19-32-36-38(41-37(28)32)31-17-8-10-21-34(31)40(36)27-14-5-2-6-15-27;1-3-12-26(13-4-1)39-33-20-9-7-16-29(33)32-24-25(22-23-35(32)39)28-18-11-19-31-36-38(41-37(28)31)30-17-8-10-21-34(30)40(36)27-14-5-2-6-15-27/h3*1-24H. The first-order chi connectivity index (χ1) is 61.1. The van der Waals surface area contributed by atoms with Crippen molar-refractivity contribution in [3.8, 4) is 67.5 Å². The first kappa shape index (κ1) is 70.6. The molecule has 9 aromatic heterocycles. The molecule has 18 aromatic carbocycles. The van der Waals surface area contributed by atoms with Gasteiger partial charge in [0, 0.05) is 124 Å². The number of para-hydroxylation sites is 13. The molecule has 0 bridgehead atoms. The SMILES string of the molecule is c1ccc(-n2c3ccccc3c3cc(-c4cccc5c4sc4c6ccccc6n(-c6ccccc6)c54)ccc32)cc1.c1ccc(-n2c3ccccc3c3ccc(-c4cccc5c4sc4c6ccccc6n(-c6ccccc6)c54)cc32)cc1.c1ccc(-n2c3ccccc3c3cccc(-c4cccc5c4sc4c6ccccc6n(-c6ccccc6)c54)c32)cc1. The average molecular weight is 1620 g/mol. The maximum Gasteiger partial charge on any atom is 0.0727 e. The molecular weight excluding hydrogens is 1550 g/mol. The minimum absolute atomic E-state index is 1.18. The summed E-state index contributed by atoms with van der Waals surface area (Å²) in [5, 5.41) is 15.5. The minimum Gasteiger partial charge on any atom is -0.309 e. The summed E-state index contributed by atoms with van der Waals surface area (Å²) in [6.07, 6.45) is 0. The Kier molecular flexibility index (Phi) is 16.5. The van der Waals surface area contributed by atoms with Crippen molar-refractivity contribution in [2.45, 2.75) is 0 Å². The van der Waals surface area contributed by atoms with E-state index in [0.717, 1.165) is 0 Å². The lowest BCUT2D eigenvalue weighted by molar-refractivity contribution is 1.18. The highest BCUT2D eigenvalue weighted by atomic mass is 32.1. The molecular formula is C114H72N6S3. The van der Waals surface area contributed by atoms with E-state index in [0.29, 0.717) is 0 Å². The van der Waals surface area contributed by atoms with Crippen LogP contribution in [0.4, 0.5) is 0 Å². The minimum atomic E-state index is 1.18. The zero-order valence-electron chi connectivity index (χ0n) is 66.5. The molecule has 0 saturated heterocycles. The van der Waals surface area contributed by atoms with E-state index < -0.39 is 0 Å². The molecule has 0 aliphatic rings. The summed E-state index contributed by atoms with van der Waals surface area (Å²) in [5.41, 5.74) is 29.7. The lowest BCUT2D eigenvalue weighted by atomic mass is 10.0. The molecule has 123 heavy (non-hydrogen) atoms. The molecule has 0 amide bonds. The zero-order valence-corrected chi connectivity index (χ0v) is 68.9. The molecule has 9 heterocycles. The smallest absolute Gasteiger partial charge is 0.0727 e. The van der Waals surface area contributed by atoms with Crippen LogP contribution < -0.4 is 0 Å². The molecule has 576 valence electrons. The molecule has 0 N–H and O–H groups in total. The van der Waals surface area contributed by atoms with Gasteiger partial charge in [-0.3, -0.25) is 0 Å². The van der Waals surface area contributed by atoms with Crippen molar-refractivity contribution in [3.05, 3.63) is 437 Å². The van der Waals surface area contributed by atoms with Gasteiger partial charge in [-0.1, -0.05) is 309 Å². The van der Waals surface area contributed by atoms with Crippen LogP contribution in [0.2, 0.25) is 0 Å². The zero-order chi connectivity index (χ0) is 80.7. The van der Waals surface area contributed by atoms with E-state index in [4.69, 9.17) is 0 Å². The summed E-state index contributed by atoms with van der Waals surface area (Å²) in [6.45, 7) is 0. The molecule has 0 aliphatic heterocycles. The van der Waals surface area contributed by atoms with Crippen LogP contribution in [0.3, 0.4) is 0 Å². The Labute approximate surface area is 719 Å². The van der Waals surface area contributed by atoms with Crippen molar-refractivity contribution < 1.29 is 0 Å². The van der Waals surface area contributed by atoms with Gasteiger partial charge < -0.3 is 27.4 Å². The van der Waals surface area contributed by atoms with Gasteiger partial charge >= 0.3 is 0 Å². The van der Waals surface area contributed by atoms with Gasteiger partial charge in [0.25, 0.3) is 0 Å². The van der Waals surface area contributed by atoms with Crippen molar-refractivity contribution >= 4 is 193 Å². The topological polar surface area (TPSA) is 29.6 Å². The van der Waals surface area contributed by atoms with Crippen LogP contribution in [0.25, 0.3) is 227 Å². The van der Waals surface area contributed by atoms with Crippen molar-refractivity contribution in [3.63, 3.8) is 0 Å². The second-order valence-electron chi connectivity index (χ2n) is 31.7. The third-order valence-corrected chi connectivity index (χ3v) is 28.7. The van der Waals surface area contributed by atoms with Crippen molar-refractivity contribution in [2.24, 2.45) is 0 Å². The van der Waals surface area contributed by atoms with Crippen LogP contribution in [-0.2, 0) is 0 Å². The van der Waals surface area contributed by atoms with E-state index in [9.17, 15) is 0 Å².